The van der Waals surface area contributed by atoms with Crippen LogP contribution in [-0.2, 0) is 4.79 Å². The predicted molar refractivity (Wildman–Crippen MR) is 58.8 cm³/mol. The molecule has 0 bridgehead atoms. The first-order chi connectivity index (χ1) is 7.25. The number of aliphatic carboxylic acids is 1. The molecular weight excluding hydrogens is 190 g/mol. The van der Waals surface area contributed by atoms with Gasteiger partial charge in [0.2, 0.25) is 0 Å². The molecule has 1 saturated heterocycles. The predicted octanol–water partition coefficient (Wildman–Crippen LogP) is 1.97. The Balaban J connectivity index is 1.69. The van der Waals surface area contributed by atoms with Crippen LogP contribution in [0.15, 0.2) is 0 Å². The van der Waals surface area contributed by atoms with Crippen molar-refractivity contribution < 1.29 is 9.90 Å². The van der Waals surface area contributed by atoms with Gasteiger partial charge in [0.1, 0.15) is 0 Å². The van der Waals surface area contributed by atoms with Gasteiger partial charge in [0.05, 0.1) is 0 Å². The molecular formula is C12H21NO2. The number of rotatable bonds is 4. The van der Waals surface area contributed by atoms with Crippen LogP contribution in [0, 0.1) is 11.8 Å². The van der Waals surface area contributed by atoms with E-state index in [1.54, 1.807) is 0 Å². The quantitative estimate of drug-likeness (QED) is 0.773. The van der Waals surface area contributed by atoms with E-state index in [0.717, 1.165) is 24.8 Å². The Hall–Kier alpha value is -0.570. The van der Waals surface area contributed by atoms with Gasteiger partial charge in [-0.3, -0.25) is 4.79 Å². The molecule has 2 aliphatic rings. The van der Waals surface area contributed by atoms with Crippen LogP contribution < -0.4 is 0 Å². The number of carbonyl (C=O) groups is 1. The molecule has 0 amide bonds. The number of fused-ring (bicyclic) bond motifs is 1. The molecule has 0 radical (unpaired) electrons. The summed E-state index contributed by atoms with van der Waals surface area (Å²) >= 11 is 0. The maximum Gasteiger partial charge on any atom is 0.303 e. The zero-order chi connectivity index (χ0) is 10.7. The molecule has 1 heterocycles. The zero-order valence-corrected chi connectivity index (χ0v) is 9.32. The van der Waals surface area contributed by atoms with Crippen molar-refractivity contribution in [1.82, 2.24) is 4.90 Å². The lowest BCUT2D eigenvalue weighted by Crippen LogP contribution is -2.22. The maximum absolute atomic E-state index is 10.4. The van der Waals surface area contributed by atoms with E-state index in [0.29, 0.717) is 6.42 Å². The molecule has 2 unspecified atom stereocenters. The average Bonchev–Trinajstić information content (AvgIpc) is 2.59. The molecule has 0 spiro atoms. The van der Waals surface area contributed by atoms with Crippen molar-refractivity contribution >= 4 is 5.97 Å². The van der Waals surface area contributed by atoms with Crippen LogP contribution in [0.3, 0.4) is 0 Å². The van der Waals surface area contributed by atoms with Gasteiger partial charge in [-0.1, -0.05) is 12.8 Å². The summed E-state index contributed by atoms with van der Waals surface area (Å²) in [6, 6.07) is 0. The molecule has 3 nitrogen and oxygen atoms in total. The first-order valence-corrected chi connectivity index (χ1v) is 6.20. The second kappa shape index (κ2) is 4.97. The largest absolute Gasteiger partial charge is 0.481 e. The molecule has 3 heteroatoms. The van der Waals surface area contributed by atoms with Crippen molar-refractivity contribution in [2.45, 2.75) is 38.5 Å². The lowest BCUT2D eigenvalue weighted by atomic mass is 9.82. The summed E-state index contributed by atoms with van der Waals surface area (Å²) in [7, 11) is 0. The minimum atomic E-state index is -0.661. The molecule has 1 saturated carbocycles. The molecule has 1 aliphatic carbocycles. The highest BCUT2D eigenvalue weighted by molar-refractivity contribution is 5.66. The lowest BCUT2D eigenvalue weighted by Gasteiger charge is -2.23. The number of hydrogen-bond donors (Lipinski definition) is 1. The van der Waals surface area contributed by atoms with Gasteiger partial charge in [0.25, 0.3) is 0 Å². The fourth-order valence-corrected chi connectivity index (χ4v) is 3.14. The van der Waals surface area contributed by atoms with Crippen molar-refractivity contribution in [2.24, 2.45) is 11.8 Å². The number of carboxylic acids is 1. The molecule has 2 rings (SSSR count). The second-order valence-corrected chi connectivity index (χ2v) is 5.06. The first kappa shape index (κ1) is 10.9. The Bertz CT molecular complexity index is 216. The van der Waals surface area contributed by atoms with Crippen molar-refractivity contribution in [2.75, 3.05) is 19.6 Å². The normalized spacial score (nSPS) is 31.5. The summed E-state index contributed by atoms with van der Waals surface area (Å²) < 4.78 is 0. The summed E-state index contributed by atoms with van der Waals surface area (Å²) in [5, 5.41) is 8.58. The summed E-state index contributed by atoms with van der Waals surface area (Å²) in [6.45, 7) is 3.44. The molecule has 86 valence electrons. The average molecular weight is 211 g/mol. The van der Waals surface area contributed by atoms with Gasteiger partial charge in [0.15, 0.2) is 0 Å². The molecule has 2 atom stereocenters. The third-order valence-corrected chi connectivity index (χ3v) is 3.92. The van der Waals surface area contributed by atoms with Gasteiger partial charge in [0, 0.05) is 19.5 Å². The third kappa shape index (κ3) is 2.94. The molecule has 0 aromatic carbocycles. The van der Waals surface area contributed by atoms with Crippen molar-refractivity contribution in [3.63, 3.8) is 0 Å². The van der Waals surface area contributed by atoms with E-state index < -0.39 is 5.97 Å². The van der Waals surface area contributed by atoms with Gasteiger partial charge in [-0.15, -0.1) is 0 Å². The van der Waals surface area contributed by atoms with E-state index in [-0.39, 0.29) is 0 Å². The van der Waals surface area contributed by atoms with E-state index in [1.165, 1.54) is 38.8 Å². The van der Waals surface area contributed by atoms with Gasteiger partial charge in [-0.25, -0.2) is 0 Å². The number of likely N-dealkylation sites (tertiary alicyclic amines) is 1. The molecule has 0 aromatic rings. The van der Waals surface area contributed by atoms with E-state index in [9.17, 15) is 4.79 Å². The molecule has 1 N–H and O–H groups in total. The van der Waals surface area contributed by atoms with E-state index >= 15 is 0 Å². The highest BCUT2D eigenvalue weighted by Crippen LogP contribution is 2.35. The standard InChI is InChI=1S/C12H21NO2/c14-12(15)6-3-7-13-8-10-4-1-2-5-11(10)9-13/h10-11H,1-9H2,(H,14,15). The summed E-state index contributed by atoms with van der Waals surface area (Å²) in [5.41, 5.74) is 0. The van der Waals surface area contributed by atoms with Crippen molar-refractivity contribution in [3.8, 4) is 0 Å². The molecule has 0 aromatic heterocycles. The number of carboxylic acid groups (broad SMARTS) is 1. The van der Waals surface area contributed by atoms with Gasteiger partial charge < -0.3 is 10.0 Å². The van der Waals surface area contributed by atoms with Gasteiger partial charge in [-0.05, 0) is 37.6 Å². The molecule has 1 aliphatic heterocycles. The Labute approximate surface area is 91.5 Å². The Kier molecular flexibility index (Phi) is 3.62. The van der Waals surface area contributed by atoms with E-state index in [1.807, 2.05) is 0 Å². The van der Waals surface area contributed by atoms with Crippen LogP contribution in [0.25, 0.3) is 0 Å². The smallest absolute Gasteiger partial charge is 0.303 e. The summed E-state index contributed by atoms with van der Waals surface area (Å²) in [4.78, 5) is 12.9. The van der Waals surface area contributed by atoms with Crippen LogP contribution in [0.5, 0.6) is 0 Å². The molecule has 15 heavy (non-hydrogen) atoms. The third-order valence-electron chi connectivity index (χ3n) is 3.92. The fourth-order valence-electron chi connectivity index (χ4n) is 3.14. The topological polar surface area (TPSA) is 40.5 Å². The minimum Gasteiger partial charge on any atom is -0.481 e. The highest BCUT2D eigenvalue weighted by atomic mass is 16.4. The Morgan fingerprint density at radius 2 is 1.80 bits per heavy atom. The number of hydrogen-bond acceptors (Lipinski definition) is 2. The van der Waals surface area contributed by atoms with E-state index in [2.05, 4.69) is 4.90 Å². The van der Waals surface area contributed by atoms with Gasteiger partial charge in [-0.2, -0.15) is 0 Å². The van der Waals surface area contributed by atoms with Crippen LogP contribution >= 0.6 is 0 Å². The summed E-state index contributed by atoms with van der Waals surface area (Å²) in [6.07, 6.45) is 6.76. The summed E-state index contributed by atoms with van der Waals surface area (Å²) in [5.74, 6) is 1.18. The Morgan fingerprint density at radius 1 is 1.20 bits per heavy atom. The number of nitrogens with zero attached hydrogens (tertiary/aromatic N) is 1. The SMILES string of the molecule is O=C(O)CCCN1CC2CCCCC2C1. The highest BCUT2D eigenvalue weighted by Gasteiger charge is 2.33. The minimum absolute atomic E-state index is 0.325. The van der Waals surface area contributed by atoms with Crippen LogP contribution in [0.1, 0.15) is 38.5 Å². The van der Waals surface area contributed by atoms with E-state index in [4.69, 9.17) is 5.11 Å². The maximum atomic E-state index is 10.4. The lowest BCUT2D eigenvalue weighted by molar-refractivity contribution is -0.137. The van der Waals surface area contributed by atoms with Crippen LogP contribution in [-0.4, -0.2) is 35.6 Å². The van der Waals surface area contributed by atoms with Crippen molar-refractivity contribution in [1.29, 1.82) is 0 Å². The second-order valence-electron chi connectivity index (χ2n) is 5.06. The van der Waals surface area contributed by atoms with Crippen LogP contribution in [0.4, 0.5) is 0 Å². The molecule has 2 fully saturated rings. The zero-order valence-electron chi connectivity index (χ0n) is 9.32. The first-order valence-electron chi connectivity index (χ1n) is 6.20. The van der Waals surface area contributed by atoms with Crippen LogP contribution in [0.2, 0.25) is 0 Å². The Morgan fingerprint density at radius 3 is 2.33 bits per heavy atom. The van der Waals surface area contributed by atoms with Gasteiger partial charge >= 0.3 is 5.97 Å². The monoisotopic (exact) mass is 211 g/mol. The fraction of sp³-hybridized carbons (Fsp3) is 0.917. The van der Waals surface area contributed by atoms with Crippen molar-refractivity contribution in [3.05, 3.63) is 0 Å².